The molecule has 1 aromatic heterocycles. The van der Waals surface area contributed by atoms with Gasteiger partial charge in [0.2, 0.25) is 5.56 Å². The molecule has 0 atom stereocenters. The van der Waals surface area contributed by atoms with Gasteiger partial charge >= 0.3 is 5.97 Å². The van der Waals surface area contributed by atoms with Crippen molar-refractivity contribution in [3.63, 3.8) is 0 Å². The summed E-state index contributed by atoms with van der Waals surface area (Å²) >= 11 is 0. The standard InChI is InChI=1S/C15H12N2O4/c18-13-3-1-2-12(17-13)15(21)16-11-7-4-10(5-8-11)6-9-14(19)20/h1-9H,(H,16,21)(H,17,18)(H,19,20)/b9-6+. The monoisotopic (exact) mass is 284 g/mol. The van der Waals surface area contributed by atoms with Crippen LogP contribution in [0.5, 0.6) is 0 Å². The molecule has 1 amide bonds. The van der Waals surface area contributed by atoms with Crippen LogP contribution in [0.25, 0.3) is 6.08 Å². The van der Waals surface area contributed by atoms with Crippen molar-refractivity contribution in [1.29, 1.82) is 0 Å². The second kappa shape index (κ2) is 6.33. The van der Waals surface area contributed by atoms with Crippen molar-refractivity contribution in [2.24, 2.45) is 0 Å². The number of pyridine rings is 1. The number of carbonyl (C=O) groups excluding carboxylic acids is 1. The van der Waals surface area contributed by atoms with Crippen LogP contribution in [0, 0.1) is 0 Å². The summed E-state index contributed by atoms with van der Waals surface area (Å²) in [5.41, 5.74) is 1.05. The molecule has 0 aliphatic carbocycles. The first-order valence-corrected chi connectivity index (χ1v) is 6.06. The van der Waals surface area contributed by atoms with Gasteiger partial charge in [-0.25, -0.2) is 4.79 Å². The lowest BCUT2D eigenvalue weighted by molar-refractivity contribution is -0.131. The number of nitrogens with one attached hydrogen (secondary N) is 2. The van der Waals surface area contributed by atoms with Crippen molar-refractivity contribution in [3.8, 4) is 0 Å². The van der Waals surface area contributed by atoms with Crippen molar-refractivity contribution < 1.29 is 14.7 Å². The number of benzene rings is 1. The van der Waals surface area contributed by atoms with E-state index in [-0.39, 0.29) is 11.3 Å². The molecule has 6 heteroatoms. The lowest BCUT2D eigenvalue weighted by atomic mass is 10.2. The largest absolute Gasteiger partial charge is 0.478 e. The van der Waals surface area contributed by atoms with Crippen molar-refractivity contribution in [2.45, 2.75) is 0 Å². The second-order valence-electron chi connectivity index (χ2n) is 4.18. The number of aliphatic carboxylic acids is 1. The van der Waals surface area contributed by atoms with Crippen LogP contribution in [0.4, 0.5) is 5.69 Å². The molecule has 21 heavy (non-hydrogen) atoms. The van der Waals surface area contributed by atoms with E-state index < -0.39 is 11.9 Å². The van der Waals surface area contributed by atoms with Gasteiger partial charge in [0.1, 0.15) is 5.69 Å². The maximum absolute atomic E-state index is 11.9. The Morgan fingerprint density at radius 1 is 1.10 bits per heavy atom. The first kappa shape index (κ1) is 14.3. The second-order valence-corrected chi connectivity index (χ2v) is 4.18. The molecule has 0 radical (unpaired) electrons. The van der Waals surface area contributed by atoms with E-state index in [0.29, 0.717) is 11.3 Å². The van der Waals surface area contributed by atoms with Gasteiger partial charge in [0.15, 0.2) is 0 Å². The van der Waals surface area contributed by atoms with E-state index >= 15 is 0 Å². The van der Waals surface area contributed by atoms with Crippen LogP contribution < -0.4 is 10.9 Å². The van der Waals surface area contributed by atoms with Crippen LogP contribution in [0.15, 0.2) is 53.3 Å². The van der Waals surface area contributed by atoms with Crippen LogP contribution in [-0.2, 0) is 4.79 Å². The van der Waals surface area contributed by atoms with E-state index in [1.165, 1.54) is 24.3 Å². The maximum Gasteiger partial charge on any atom is 0.328 e. The van der Waals surface area contributed by atoms with Gasteiger partial charge in [-0.3, -0.25) is 9.59 Å². The van der Waals surface area contributed by atoms with Crippen molar-refractivity contribution in [3.05, 3.63) is 70.2 Å². The fraction of sp³-hybridized carbons (Fsp3) is 0. The number of carbonyl (C=O) groups is 2. The number of aromatic amines is 1. The first-order valence-electron chi connectivity index (χ1n) is 6.06. The molecule has 106 valence electrons. The summed E-state index contributed by atoms with van der Waals surface area (Å²) in [6, 6.07) is 10.9. The zero-order chi connectivity index (χ0) is 15.2. The number of anilines is 1. The zero-order valence-electron chi connectivity index (χ0n) is 10.9. The molecule has 6 nitrogen and oxygen atoms in total. The predicted molar refractivity (Wildman–Crippen MR) is 78.1 cm³/mol. The molecule has 0 aliphatic heterocycles. The highest BCUT2D eigenvalue weighted by Gasteiger charge is 2.06. The molecule has 0 spiro atoms. The topological polar surface area (TPSA) is 99.3 Å². The van der Waals surface area contributed by atoms with Crippen LogP contribution in [0.2, 0.25) is 0 Å². The Morgan fingerprint density at radius 2 is 1.81 bits per heavy atom. The van der Waals surface area contributed by atoms with E-state index in [0.717, 1.165) is 6.08 Å². The number of hydrogen-bond acceptors (Lipinski definition) is 3. The average Bonchev–Trinajstić information content (AvgIpc) is 2.46. The number of amides is 1. The SMILES string of the molecule is O=C(O)/C=C/c1ccc(NC(=O)c2cccc(=O)[nH]2)cc1. The fourth-order valence-electron chi connectivity index (χ4n) is 1.62. The summed E-state index contributed by atoms with van der Waals surface area (Å²) in [7, 11) is 0. The van der Waals surface area contributed by atoms with E-state index in [9.17, 15) is 14.4 Å². The van der Waals surface area contributed by atoms with Gasteiger partial charge in [0, 0.05) is 17.8 Å². The molecule has 0 unspecified atom stereocenters. The third-order valence-electron chi connectivity index (χ3n) is 2.60. The molecular formula is C15H12N2O4. The Balaban J connectivity index is 2.08. The normalized spacial score (nSPS) is 10.5. The number of rotatable bonds is 4. The summed E-state index contributed by atoms with van der Waals surface area (Å²) in [5, 5.41) is 11.2. The number of hydrogen-bond donors (Lipinski definition) is 3. The Hall–Kier alpha value is -3.15. The maximum atomic E-state index is 11.9. The molecule has 0 saturated carbocycles. The van der Waals surface area contributed by atoms with Gasteiger partial charge < -0.3 is 15.4 Å². The molecule has 1 heterocycles. The summed E-state index contributed by atoms with van der Waals surface area (Å²) in [5.74, 6) is -1.46. The van der Waals surface area contributed by atoms with Gasteiger partial charge in [-0.2, -0.15) is 0 Å². The minimum absolute atomic E-state index is 0.164. The minimum Gasteiger partial charge on any atom is -0.478 e. The van der Waals surface area contributed by atoms with E-state index in [4.69, 9.17) is 5.11 Å². The molecular weight excluding hydrogens is 272 g/mol. The van der Waals surface area contributed by atoms with Gasteiger partial charge in [-0.1, -0.05) is 18.2 Å². The van der Waals surface area contributed by atoms with E-state index in [2.05, 4.69) is 10.3 Å². The predicted octanol–water partition coefficient (Wildman–Crippen LogP) is 1.72. The van der Waals surface area contributed by atoms with Crippen LogP contribution in [-0.4, -0.2) is 22.0 Å². The van der Waals surface area contributed by atoms with Crippen molar-refractivity contribution in [1.82, 2.24) is 4.98 Å². The van der Waals surface area contributed by atoms with Crippen LogP contribution >= 0.6 is 0 Å². The molecule has 3 N–H and O–H groups in total. The number of aromatic nitrogens is 1. The van der Waals surface area contributed by atoms with Crippen LogP contribution in [0.1, 0.15) is 16.1 Å². The molecule has 2 aromatic rings. The molecule has 0 fully saturated rings. The van der Waals surface area contributed by atoms with Gasteiger partial charge in [-0.15, -0.1) is 0 Å². The minimum atomic E-state index is -1.03. The van der Waals surface area contributed by atoms with Crippen molar-refractivity contribution in [2.75, 3.05) is 5.32 Å². The number of carboxylic acids is 1. The van der Waals surface area contributed by atoms with E-state index in [1.54, 1.807) is 24.3 Å². The number of carboxylic acid groups (broad SMARTS) is 1. The highest BCUT2D eigenvalue weighted by atomic mass is 16.4. The Labute approximate surface area is 119 Å². The molecule has 2 rings (SSSR count). The Morgan fingerprint density at radius 3 is 2.43 bits per heavy atom. The molecule has 0 saturated heterocycles. The quantitative estimate of drug-likeness (QED) is 0.744. The molecule has 0 aliphatic rings. The molecule has 0 bridgehead atoms. The highest BCUT2D eigenvalue weighted by Crippen LogP contribution is 2.11. The van der Waals surface area contributed by atoms with Gasteiger partial charge in [-0.05, 0) is 29.8 Å². The van der Waals surface area contributed by atoms with E-state index in [1.807, 2.05) is 0 Å². The lowest BCUT2D eigenvalue weighted by Gasteiger charge is -2.05. The summed E-state index contributed by atoms with van der Waals surface area (Å²) in [6.45, 7) is 0. The third kappa shape index (κ3) is 4.17. The lowest BCUT2D eigenvalue weighted by Crippen LogP contribution is -2.17. The number of H-pyrrole nitrogens is 1. The summed E-state index contributed by atoms with van der Waals surface area (Å²) in [6.07, 6.45) is 2.48. The average molecular weight is 284 g/mol. The Kier molecular flexibility index (Phi) is 4.30. The highest BCUT2D eigenvalue weighted by molar-refractivity contribution is 6.02. The zero-order valence-corrected chi connectivity index (χ0v) is 10.9. The summed E-state index contributed by atoms with van der Waals surface area (Å²) < 4.78 is 0. The van der Waals surface area contributed by atoms with Crippen LogP contribution in [0.3, 0.4) is 0 Å². The third-order valence-corrected chi connectivity index (χ3v) is 2.60. The summed E-state index contributed by atoms with van der Waals surface area (Å²) in [4.78, 5) is 35.8. The Bertz CT molecular complexity index is 745. The van der Waals surface area contributed by atoms with Gasteiger partial charge in [0.05, 0.1) is 0 Å². The first-order chi connectivity index (χ1) is 10.0. The van der Waals surface area contributed by atoms with Gasteiger partial charge in [0.25, 0.3) is 5.91 Å². The molecule has 1 aromatic carbocycles. The smallest absolute Gasteiger partial charge is 0.328 e. The fourth-order valence-corrected chi connectivity index (χ4v) is 1.62. The van der Waals surface area contributed by atoms with Crippen molar-refractivity contribution >= 4 is 23.6 Å².